The molecule has 0 unspecified atom stereocenters. The third-order valence-corrected chi connectivity index (χ3v) is 2.45. The first kappa shape index (κ1) is 7.38. The Balaban J connectivity index is 2.18. The lowest BCUT2D eigenvalue weighted by Gasteiger charge is -2.26. The fourth-order valence-corrected chi connectivity index (χ4v) is 1.44. The van der Waals surface area contributed by atoms with Gasteiger partial charge in [-0.05, 0) is 18.8 Å². The summed E-state index contributed by atoms with van der Waals surface area (Å²) in [6.45, 7) is 4.35. The van der Waals surface area contributed by atoms with Crippen molar-refractivity contribution in [2.75, 3.05) is 13.1 Å². The lowest BCUT2D eigenvalue weighted by Crippen LogP contribution is -2.26. The SMILES string of the molecule is CC1CCN(SO)CC1. The van der Waals surface area contributed by atoms with Gasteiger partial charge in [0.05, 0.1) is 12.2 Å². The zero-order valence-electron chi connectivity index (χ0n) is 5.71. The number of hydrogen-bond donors (Lipinski definition) is 1. The average molecular weight is 147 g/mol. The molecule has 1 aliphatic rings. The molecule has 0 saturated carbocycles. The summed E-state index contributed by atoms with van der Waals surface area (Å²) in [5.41, 5.74) is 0. The van der Waals surface area contributed by atoms with Crippen LogP contribution in [-0.4, -0.2) is 21.9 Å². The van der Waals surface area contributed by atoms with Crippen LogP contribution in [0.5, 0.6) is 0 Å². The smallest absolute Gasteiger partial charge is 0.0790 e. The van der Waals surface area contributed by atoms with Gasteiger partial charge < -0.3 is 4.55 Å². The van der Waals surface area contributed by atoms with Gasteiger partial charge in [0, 0.05) is 13.1 Å². The largest absolute Gasteiger partial charge is 0.317 e. The highest BCUT2D eigenvalue weighted by molar-refractivity contribution is 7.91. The molecule has 0 spiro atoms. The second-order valence-corrected chi connectivity index (χ2v) is 3.37. The van der Waals surface area contributed by atoms with Crippen LogP contribution in [0.3, 0.4) is 0 Å². The van der Waals surface area contributed by atoms with E-state index in [4.69, 9.17) is 4.55 Å². The molecule has 0 aromatic carbocycles. The zero-order chi connectivity index (χ0) is 6.69. The standard InChI is InChI=1S/C6H13NOS/c1-6-2-4-7(9-8)5-3-6/h6,8H,2-5H2,1H3. The Morgan fingerprint density at radius 2 is 2.00 bits per heavy atom. The highest BCUT2D eigenvalue weighted by atomic mass is 32.2. The van der Waals surface area contributed by atoms with Crippen molar-refractivity contribution in [2.45, 2.75) is 19.8 Å². The number of nitrogens with zero attached hydrogens (tertiary/aromatic N) is 1. The van der Waals surface area contributed by atoms with E-state index in [1.807, 2.05) is 4.31 Å². The van der Waals surface area contributed by atoms with Crippen LogP contribution in [-0.2, 0) is 0 Å². The van der Waals surface area contributed by atoms with E-state index < -0.39 is 0 Å². The monoisotopic (exact) mass is 147 g/mol. The molecular weight excluding hydrogens is 134 g/mol. The second kappa shape index (κ2) is 3.44. The summed E-state index contributed by atoms with van der Waals surface area (Å²) in [7, 11) is 0. The molecule has 1 aliphatic heterocycles. The minimum absolute atomic E-state index is 0.855. The Morgan fingerprint density at radius 3 is 2.44 bits per heavy atom. The van der Waals surface area contributed by atoms with Crippen LogP contribution < -0.4 is 0 Å². The lowest BCUT2D eigenvalue weighted by molar-refractivity contribution is 0.298. The minimum Gasteiger partial charge on any atom is -0.317 e. The average Bonchev–Trinajstić information content (AvgIpc) is 1.90. The summed E-state index contributed by atoms with van der Waals surface area (Å²) >= 11 is 0.881. The maximum atomic E-state index is 8.62. The van der Waals surface area contributed by atoms with Gasteiger partial charge in [-0.1, -0.05) is 6.92 Å². The highest BCUT2D eigenvalue weighted by Crippen LogP contribution is 2.19. The normalized spacial score (nSPS) is 24.7. The Labute approximate surface area is 60.6 Å². The Bertz CT molecular complexity index is 81.1. The van der Waals surface area contributed by atoms with E-state index in [2.05, 4.69) is 6.92 Å². The fraction of sp³-hybridized carbons (Fsp3) is 1.00. The number of piperidine rings is 1. The summed E-state index contributed by atoms with van der Waals surface area (Å²) in [5, 5.41) is 0. The van der Waals surface area contributed by atoms with E-state index in [1.54, 1.807) is 0 Å². The highest BCUT2D eigenvalue weighted by Gasteiger charge is 2.14. The van der Waals surface area contributed by atoms with Crippen molar-refractivity contribution in [3.63, 3.8) is 0 Å². The van der Waals surface area contributed by atoms with Crippen molar-refractivity contribution < 1.29 is 4.55 Å². The van der Waals surface area contributed by atoms with Gasteiger partial charge in [0.15, 0.2) is 0 Å². The summed E-state index contributed by atoms with van der Waals surface area (Å²) in [4.78, 5) is 0. The summed E-state index contributed by atoms with van der Waals surface area (Å²) in [6.07, 6.45) is 2.46. The zero-order valence-corrected chi connectivity index (χ0v) is 6.52. The Kier molecular flexibility index (Phi) is 2.82. The van der Waals surface area contributed by atoms with Crippen molar-refractivity contribution in [1.29, 1.82) is 0 Å². The van der Waals surface area contributed by atoms with Crippen molar-refractivity contribution in [1.82, 2.24) is 4.31 Å². The molecule has 54 valence electrons. The van der Waals surface area contributed by atoms with E-state index >= 15 is 0 Å². The van der Waals surface area contributed by atoms with Crippen molar-refractivity contribution in [3.8, 4) is 0 Å². The van der Waals surface area contributed by atoms with Crippen LogP contribution >= 0.6 is 12.2 Å². The van der Waals surface area contributed by atoms with Crippen LogP contribution in [0.2, 0.25) is 0 Å². The second-order valence-electron chi connectivity index (χ2n) is 2.69. The Hall–Kier alpha value is 0.270. The molecular formula is C6H13NOS. The molecule has 0 bridgehead atoms. The third-order valence-electron chi connectivity index (χ3n) is 1.86. The van der Waals surface area contributed by atoms with Gasteiger partial charge in [0.2, 0.25) is 0 Å². The molecule has 0 radical (unpaired) electrons. The van der Waals surface area contributed by atoms with Crippen LogP contribution in [0.15, 0.2) is 0 Å². The van der Waals surface area contributed by atoms with Gasteiger partial charge >= 0.3 is 0 Å². The molecule has 1 N–H and O–H groups in total. The molecule has 1 heterocycles. The van der Waals surface area contributed by atoms with Gasteiger partial charge in [-0.3, -0.25) is 0 Å². The number of rotatable bonds is 1. The van der Waals surface area contributed by atoms with Crippen molar-refractivity contribution >= 4 is 12.2 Å². The van der Waals surface area contributed by atoms with Gasteiger partial charge in [-0.15, -0.1) is 0 Å². The topological polar surface area (TPSA) is 23.5 Å². The molecule has 3 heteroatoms. The van der Waals surface area contributed by atoms with Crippen molar-refractivity contribution in [2.24, 2.45) is 5.92 Å². The maximum absolute atomic E-state index is 8.62. The first-order valence-corrected chi connectivity index (χ1v) is 4.12. The minimum atomic E-state index is 0.855. The molecule has 0 atom stereocenters. The van der Waals surface area contributed by atoms with Crippen LogP contribution in [0.4, 0.5) is 0 Å². The summed E-state index contributed by atoms with van der Waals surface area (Å²) < 4.78 is 10.6. The molecule has 0 aromatic heterocycles. The molecule has 2 nitrogen and oxygen atoms in total. The molecule has 0 aliphatic carbocycles. The van der Waals surface area contributed by atoms with Crippen LogP contribution in [0.1, 0.15) is 19.8 Å². The first-order valence-electron chi connectivity index (χ1n) is 3.39. The van der Waals surface area contributed by atoms with Crippen LogP contribution in [0, 0.1) is 5.92 Å². The predicted molar refractivity (Wildman–Crippen MR) is 40.2 cm³/mol. The van der Waals surface area contributed by atoms with E-state index in [9.17, 15) is 0 Å². The Morgan fingerprint density at radius 1 is 1.44 bits per heavy atom. The lowest BCUT2D eigenvalue weighted by atomic mass is 10.0. The van der Waals surface area contributed by atoms with E-state index in [0.29, 0.717) is 0 Å². The quantitative estimate of drug-likeness (QED) is 0.452. The maximum Gasteiger partial charge on any atom is 0.0790 e. The van der Waals surface area contributed by atoms with Crippen molar-refractivity contribution in [3.05, 3.63) is 0 Å². The van der Waals surface area contributed by atoms with E-state index in [1.165, 1.54) is 12.8 Å². The van der Waals surface area contributed by atoms with E-state index in [-0.39, 0.29) is 0 Å². The first-order chi connectivity index (χ1) is 4.33. The van der Waals surface area contributed by atoms with Gasteiger partial charge in [-0.2, -0.15) is 0 Å². The number of hydrogen-bond acceptors (Lipinski definition) is 3. The van der Waals surface area contributed by atoms with Gasteiger partial charge in [0.25, 0.3) is 0 Å². The molecule has 0 amide bonds. The molecule has 1 saturated heterocycles. The van der Waals surface area contributed by atoms with Gasteiger partial charge in [-0.25, -0.2) is 4.31 Å². The predicted octanol–water partition coefficient (Wildman–Crippen LogP) is 1.84. The van der Waals surface area contributed by atoms with Gasteiger partial charge in [0.1, 0.15) is 0 Å². The molecule has 0 aromatic rings. The van der Waals surface area contributed by atoms with E-state index in [0.717, 1.165) is 31.2 Å². The summed E-state index contributed by atoms with van der Waals surface area (Å²) in [5.74, 6) is 0.855. The molecule has 1 rings (SSSR count). The molecule has 1 fully saturated rings. The fourth-order valence-electron chi connectivity index (χ4n) is 1.07. The summed E-state index contributed by atoms with van der Waals surface area (Å²) in [6, 6.07) is 0. The van der Waals surface area contributed by atoms with Crippen LogP contribution in [0.25, 0.3) is 0 Å². The molecule has 9 heavy (non-hydrogen) atoms. The third kappa shape index (κ3) is 2.16.